The van der Waals surface area contributed by atoms with Crippen LogP contribution in [0.5, 0.6) is 0 Å². The van der Waals surface area contributed by atoms with Gasteiger partial charge in [0.2, 0.25) is 5.91 Å². The molecule has 0 radical (unpaired) electrons. The number of hydrogen-bond donors (Lipinski definition) is 1. The third kappa shape index (κ3) is 4.42. The maximum absolute atomic E-state index is 12.1. The normalized spacial score (nSPS) is 15.8. The molecule has 0 unspecified atom stereocenters. The van der Waals surface area contributed by atoms with Gasteiger partial charge in [0.1, 0.15) is 5.02 Å². The first kappa shape index (κ1) is 16.7. The summed E-state index contributed by atoms with van der Waals surface area (Å²) in [6.45, 7) is 0.279. The van der Waals surface area contributed by atoms with E-state index in [0.717, 1.165) is 12.8 Å². The maximum atomic E-state index is 12.1. The molecule has 0 atom stereocenters. The lowest BCUT2D eigenvalue weighted by molar-refractivity contribution is -0.384. The molecule has 0 spiro atoms. The number of hydrogen-bond acceptors (Lipinski definition) is 4. The van der Waals surface area contributed by atoms with Gasteiger partial charge >= 0.3 is 0 Å². The number of nitrogens with one attached hydrogen (secondary N) is 1. The van der Waals surface area contributed by atoms with E-state index in [1.54, 1.807) is 6.07 Å². The van der Waals surface area contributed by atoms with Crippen LogP contribution in [0.25, 0.3) is 0 Å². The Morgan fingerprint density at radius 3 is 2.73 bits per heavy atom. The molecule has 0 bridgehead atoms. The van der Waals surface area contributed by atoms with Crippen molar-refractivity contribution >= 4 is 28.9 Å². The van der Waals surface area contributed by atoms with Crippen LogP contribution in [0.15, 0.2) is 18.2 Å². The SMILES string of the molecule is CN(CC(=O)Nc1ccc(Cl)c([N+](=O)[O-])c1)C1CCCCC1. The number of nitro benzene ring substituents is 1. The molecule has 0 aromatic heterocycles. The summed E-state index contributed by atoms with van der Waals surface area (Å²) < 4.78 is 0. The van der Waals surface area contributed by atoms with E-state index in [1.165, 1.54) is 31.4 Å². The van der Waals surface area contributed by atoms with Crippen LogP contribution in [0.3, 0.4) is 0 Å². The van der Waals surface area contributed by atoms with Crippen molar-refractivity contribution in [3.8, 4) is 0 Å². The Kier molecular flexibility index (Phi) is 5.74. The highest BCUT2D eigenvalue weighted by atomic mass is 35.5. The number of anilines is 1. The molecule has 22 heavy (non-hydrogen) atoms. The lowest BCUT2D eigenvalue weighted by Gasteiger charge is -2.30. The summed E-state index contributed by atoms with van der Waals surface area (Å²) in [5, 5.41) is 13.6. The zero-order valence-corrected chi connectivity index (χ0v) is 13.3. The molecular weight excluding hydrogens is 306 g/mol. The number of nitrogens with zero attached hydrogens (tertiary/aromatic N) is 2. The fourth-order valence-electron chi connectivity index (χ4n) is 2.81. The molecule has 0 heterocycles. The first-order valence-electron chi connectivity index (χ1n) is 7.41. The summed E-state index contributed by atoms with van der Waals surface area (Å²) in [6.07, 6.45) is 5.93. The van der Waals surface area contributed by atoms with Crippen LogP contribution < -0.4 is 5.32 Å². The summed E-state index contributed by atoms with van der Waals surface area (Å²) in [5.74, 6) is -0.176. The van der Waals surface area contributed by atoms with E-state index < -0.39 is 4.92 Å². The van der Waals surface area contributed by atoms with Gasteiger partial charge in [-0.05, 0) is 32.0 Å². The number of carbonyl (C=O) groups excluding carboxylic acids is 1. The largest absolute Gasteiger partial charge is 0.325 e. The van der Waals surface area contributed by atoms with E-state index in [0.29, 0.717) is 11.7 Å². The zero-order chi connectivity index (χ0) is 16.1. The van der Waals surface area contributed by atoms with E-state index in [9.17, 15) is 14.9 Å². The zero-order valence-electron chi connectivity index (χ0n) is 12.5. The predicted molar refractivity (Wildman–Crippen MR) is 86.2 cm³/mol. The number of halogens is 1. The summed E-state index contributed by atoms with van der Waals surface area (Å²) in [6, 6.07) is 4.70. The molecule has 1 N–H and O–H groups in total. The van der Waals surface area contributed by atoms with Gasteiger partial charge in [-0.3, -0.25) is 19.8 Å². The number of amides is 1. The Morgan fingerprint density at radius 1 is 1.41 bits per heavy atom. The van der Waals surface area contributed by atoms with Crippen LogP contribution in [0, 0.1) is 10.1 Å². The van der Waals surface area contributed by atoms with Crippen molar-refractivity contribution in [1.29, 1.82) is 0 Å². The predicted octanol–water partition coefficient (Wildman–Crippen LogP) is 3.45. The molecule has 1 aromatic carbocycles. The van der Waals surface area contributed by atoms with Gasteiger partial charge in [0.05, 0.1) is 11.5 Å². The van der Waals surface area contributed by atoms with Gasteiger partial charge < -0.3 is 5.32 Å². The molecule has 1 amide bonds. The summed E-state index contributed by atoms with van der Waals surface area (Å²) in [7, 11) is 1.94. The van der Waals surface area contributed by atoms with E-state index >= 15 is 0 Å². The summed E-state index contributed by atoms with van der Waals surface area (Å²) in [4.78, 5) is 24.4. The standard InChI is InChI=1S/C15H20ClN3O3/c1-18(12-5-3-2-4-6-12)10-15(20)17-11-7-8-13(16)14(9-11)19(21)22/h7-9,12H,2-6,10H2,1H3,(H,17,20). The van der Waals surface area contributed by atoms with Crippen LogP contribution >= 0.6 is 11.6 Å². The molecule has 7 heteroatoms. The Balaban J connectivity index is 1.94. The number of benzene rings is 1. The van der Waals surface area contributed by atoms with E-state index in [1.807, 2.05) is 7.05 Å². The van der Waals surface area contributed by atoms with Crippen LogP contribution in [-0.4, -0.2) is 35.4 Å². The minimum Gasteiger partial charge on any atom is -0.325 e. The fraction of sp³-hybridized carbons (Fsp3) is 0.533. The Hall–Kier alpha value is -1.66. The monoisotopic (exact) mass is 325 g/mol. The highest BCUT2D eigenvalue weighted by Gasteiger charge is 2.20. The second kappa shape index (κ2) is 7.56. The van der Waals surface area contributed by atoms with Crippen LogP contribution in [0.2, 0.25) is 5.02 Å². The van der Waals surface area contributed by atoms with E-state index in [2.05, 4.69) is 10.2 Å². The van der Waals surface area contributed by atoms with Gasteiger partial charge in [-0.15, -0.1) is 0 Å². The van der Waals surface area contributed by atoms with Crippen molar-refractivity contribution in [2.45, 2.75) is 38.1 Å². The minimum atomic E-state index is -0.563. The molecule has 1 aliphatic rings. The average molecular weight is 326 g/mol. The Labute approximate surface area is 134 Å². The van der Waals surface area contributed by atoms with Crippen molar-refractivity contribution in [2.24, 2.45) is 0 Å². The van der Waals surface area contributed by atoms with Crippen molar-refractivity contribution in [2.75, 3.05) is 18.9 Å². The van der Waals surface area contributed by atoms with Crippen LogP contribution in [0.4, 0.5) is 11.4 Å². The molecule has 2 rings (SSSR count). The molecule has 6 nitrogen and oxygen atoms in total. The van der Waals surface area contributed by atoms with Gasteiger partial charge in [-0.2, -0.15) is 0 Å². The molecule has 1 aliphatic carbocycles. The molecule has 0 saturated heterocycles. The van der Waals surface area contributed by atoms with Gasteiger partial charge in [0, 0.05) is 17.8 Å². The highest BCUT2D eigenvalue weighted by Crippen LogP contribution is 2.27. The average Bonchev–Trinajstić information content (AvgIpc) is 2.49. The summed E-state index contributed by atoms with van der Waals surface area (Å²) in [5.41, 5.74) is 0.179. The van der Waals surface area contributed by atoms with Gasteiger partial charge in [-0.1, -0.05) is 30.9 Å². The van der Waals surface area contributed by atoms with Gasteiger partial charge in [-0.25, -0.2) is 0 Å². The molecule has 1 saturated carbocycles. The molecular formula is C15H20ClN3O3. The summed E-state index contributed by atoms with van der Waals surface area (Å²) >= 11 is 5.75. The lowest BCUT2D eigenvalue weighted by Crippen LogP contribution is -2.39. The quantitative estimate of drug-likeness (QED) is 0.664. The fourth-order valence-corrected chi connectivity index (χ4v) is 2.99. The lowest BCUT2D eigenvalue weighted by atomic mass is 9.94. The van der Waals surface area contributed by atoms with Crippen LogP contribution in [0.1, 0.15) is 32.1 Å². The van der Waals surface area contributed by atoms with Gasteiger partial charge in [0.25, 0.3) is 5.69 Å². The second-order valence-corrected chi connectivity index (χ2v) is 6.09. The number of likely N-dealkylation sites (N-methyl/N-ethyl adjacent to an activating group) is 1. The van der Waals surface area contributed by atoms with Crippen LogP contribution in [-0.2, 0) is 4.79 Å². The first-order chi connectivity index (χ1) is 10.5. The third-order valence-electron chi connectivity index (χ3n) is 4.02. The molecule has 1 fully saturated rings. The number of carbonyl (C=O) groups is 1. The molecule has 1 aromatic rings. The molecule has 0 aliphatic heterocycles. The smallest absolute Gasteiger partial charge is 0.289 e. The van der Waals surface area contributed by atoms with Crippen molar-refractivity contribution in [1.82, 2.24) is 4.90 Å². The van der Waals surface area contributed by atoms with Crippen molar-refractivity contribution in [3.05, 3.63) is 33.3 Å². The Bertz CT molecular complexity index is 559. The topological polar surface area (TPSA) is 75.5 Å². The van der Waals surface area contributed by atoms with E-state index in [-0.39, 0.29) is 23.2 Å². The Morgan fingerprint density at radius 2 is 2.09 bits per heavy atom. The maximum Gasteiger partial charge on any atom is 0.289 e. The minimum absolute atomic E-state index is 0.0577. The number of rotatable bonds is 5. The second-order valence-electron chi connectivity index (χ2n) is 5.68. The van der Waals surface area contributed by atoms with E-state index in [4.69, 9.17) is 11.6 Å². The van der Waals surface area contributed by atoms with Crippen molar-refractivity contribution < 1.29 is 9.72 Å². The third-order valence-corrected chi connectivity index (χ3v) is 4.34. The first-order valence-corrected chi connectivity index (χ1v) is 7.79. The van der Waals surface area contributed by atoms with Crippen molar-refractivity contribution in [3.63, 3.8) is 0 Å². The van der Waals surface area contributed by atoms with Gasteiger partial charge in [0.15, 0.2) is 0 Å². The number of nitro groups is 1. The molecule has 120 valence electrons. The highest BCUT2D eigenvalue weighted by molar-refractivity contribution is 6.32.